The average molecular weight is 280 g/mol. The first-order valence-electron chi connectivity index (χ1n) is 6.15. The van der Waals surface area contributed by atoms with Crippen LogP contribution in [0.1, 0.15) is 6.42 Å². The Hall–Kier alpha value is -1.43. The van der Waals surface area contributed by atoms with E-state index in [1.54, 1.807) is 12.3 Å². The predicted octanol–water partition coefficient (Wildman–Crippen LogP) is 1.22. The molecule has 0 radical (unpaired) electrons. The molecule has 100 valence electrons. The van der Waals surface area contributed by atoms with Gasteiger partial charge in [-0.1, -0.05) is 11.6 Å². The molecule has 0 aromatic carbocycles. The first-order valence-corrected chi connectivity index (χ1v) is 6.53. The molecule has 2 aromatic heterocycles. The van der Waals surface area contributed by atoms with Crippen LogP contribution in [0.15, 0.2) is 24.4 Å². The monoisotopic (exact) mass is 279 g/mol. The third-order valence-electron chi connectivity index (χ3n) is 3.22. The molecule has 19 heavy (non-hydrogen) atoms. The number of aliphatic hydroxyl groups excluding tert-OH is 2. The SMILES string of the molecule is O[C@@H]1C[C@H](O)CN(c2ccc3cc(Cl)cnc3n2)C1. The Morgan fingerprint density at radius 3 is 2.68 bits per heavy atom. The molecule has 0 bridgehead atoms. The molecule has 6 heteroatoms. The molecule has 2 N–H and O–H groups in total. The van der Waals surface area contributed by atoms with Crippen molar-refractivity contribution in [2.45, 2.75) is 18.6 Å². The fraction of sp³-hybridized carbons (Fsp3) is 0.385. The van der Waals surface area contributed by atoms with Crippen molar-refractivity contribution in [3.05, 3.63) is 29.4 Å². The number of pyridine rings is 2. The zero-order valence-corrected chi connectivity index (χ0v) is 11.0. The number of hydrogen-bond donors (Lipinski definition) is 2. The van der Waals surface area contributed by atoms with E-state index in [0.29, 0.717) is 36.0 Å². The summed E-state index contributed by atoms with van der Waals surface area (Å²) < 4.78 is 0. The number of hydrogen-bond acceptors (Lipinski definition) is 5. The largest absolute Gasteiger partial charge is 0.391 e. The molecule has 1 fully saturated rings. The second-order valence-corrected chi connectivity index (χ2v) is 5.25. The summed E-state index contributed by atoms with van der Waals surface area (Å²) in [5.41, 5.74) is 0.608. The van der Waals surface area contributed by atoms with Crippen LogP contribution < -0.4 is 4.90 Å². The van der Waals surface area contributed by atoms with Gasteiger partial charge in [0.15, 0.2) is 5.65 Å². The van der Waals surface area contributed by atoms with Crippen molar-refractivity contribution in [2.24, 2.45) is 0 Å². The Labute approximate surface area is 115 Å². The summed E-state index contributed by atoms with van der Waals surface area (Å²) in [6.07, 6.45) is 0.914. The molecule has 0 amide bonds. The lowest BCUT2D eigenvalue weighted by Gasteiger charge is -2.34. The molecule has 2 atom stereocenters. The predicted molar refractivity (Wildman–Crippen MR) is 73.4 cm³/mol. The second-order valence-electron chi connectivity index (χ2n) is 4.82. The van der Waals surface area contributed by atoms with Gasteiger partial charge >= 0.3 is 0 Å². The van der Waals surface area contributed by atoms with E-state index in [-0.39, 0.29) is 0 Å². The van der Waals surface area contributed by atoms with E-state index in [1.165, 1.54) is 0 Å². The summed E-state index contributed by atoms with van der Waals surface area (Å²) in [6.45, 7) is 0.951. The average Bonchev–Trinajstić information content (AvgIpc) is 2.37. The summed E-state index contributed by atoms with van der Waals surface area (Å²) in [5, 5.41) is 20.8. The van der Waals surface area contributed by atoms with Crippen LogP contribution in [0.2, 0.25) is 5.02 Å². The van der Waals surface area contributed by atoms with Crippen molar-refractivity contribution in [2.75, 3.05) is 18.0 Å². The van der Waals surface area contributed by atoms with Crippen molar-refractivity contribution in [3.8, 4) is 0 Å². The molecule has 0 saturated carbocycles. The van der Waals surface area contributed by atoms with Crippen LogP contribution in [0.5, 0.6) is 0 Å². The van der Waals surface area contributed by atoms with Crippen molar-refractivity contribution < 1.29 is 10.2 Å². The second kappa shape index (κ2) is 4.92. The fourth-order valence-corrected chi connectivity index (χ4v) is 2.55. The summed E-state index contributed by atoms with van der Waals surface area (Å²) in [7, 11) is 0. The molecule has 1 aliphatic rings. The number of aromatic nitrogens is 2. The minimum Gasteiger partial charge on any atom is -0.391 e. The first-order chi connectivity index (χ1) is 9.11. The standard InChI is InChI=1S/C13H14ClN3O2/c14-9-3-8-1-2-12(16-13(8)15-5-9)17-6-10(18)4-11(19)7-17/h1-3,5,10-11,18-19H,4,6-7H2/t10-,11+. The minimum atomic E-state index is -0.528. The molecule has 0 aliphatic carbocycles. The summed E-state index contributed by atoms with van der Waals surface area (Å²) in [4.78, 5) is 10.5. The van der Waals surface area contributed by atoms with Gasteiger partial charge in [0.05, 0.1) is 17.2 Å². The number of nitrogens with zero attached hydrogens (tertiary/aromatic N) is 3. The van der Waals surface area contributed by atoms with Gasteiger partial charge in [0, 0.05) is 31.1 Å². The normalized spacial score (nSPS) is 23.8. The third-order valence-corrected chi connectivity index (χ3v) is 3.43. The highest BCUT2D eigenvalue weighted by atomic mass is 35.5. The van der Waals surface area contributed by atoms with E-state index in [4.69, 9.17) is 11.6 Å². The Kier molecular flexibility index (Phi) is 3.26. The number of rotatable bonds is 1. The van der Waals surface area contributed by atoms with Gasteiger partial charge in [-0.2, -0.15) is 0 Å². The molecule has 3 heterocycles. The van der Waals surface area contributed by atoms with Gasteiger partial charge < -0.3 is 15.1 Å². The van der Waals surface area contributed by atoms with E-state index in [9.17, 15) is 10.2 Å². The number of halogens is 1. The molecule has 0 unspecified atom stereocenters. The van der Waals surface area contributed by atoms with Gasteiger partial charge in [-0.25, -0.2) is 9.97 Å². The lowest BCUT2D eigenvalue weighted by molar-refractivity contribution is 0.0648. The van der Waals surface area contributed by atoms with Crippen LogP contribution in [-0.4, -0.2) is 45.5 Å². The van der Waals surface area contributed by atoms with Gasteiger partial charge in [0.2, 0.25) is 0 Å². The number of anilines is 1. The Bertz CT molecular complexity index is 597. The zero-order chi connectivity index (χ0) is 13.4. The zero-order valence-electron chi connectivity index (χ0n) is 10.2. The molecule has 1 saturated heterocycles. The van der Waals surface area contributed by atoms with E-state index in [1.807, 2.05) is 17.0 Å². The lowest BCUT2D eigenvalue weighted by atomic mass is 10.1. The van der Waals surface area contributed by atoms with Crippen LogP contribution in [0.3, 0.4) is 0 Å². The maximum atomic E-state index is 9.70. The van der Waals surface area contributed by atoms with Crippen LogP contribution >= 0.6 is 11.6 Å². The van der Waals surface area contributed by atoms with Crippen molar-refractivity contribution in [3.63, 3.8) is 0 Å². The van der Waals surface area contributed by atoms with Crippen LogP contribution in [-0.2, 0) is 0 Å². The Balaban J connectivity index is 1.94. The molecular formula is C13H14ClN3O2. The quantitative estimate of drug-likeness (QED) is 0.821. The maximum Gasteiger partial charge on any atom is 0.161 e. The van der Waals surface area contributed by atoms with Crippen LogP contribution in [0.4, 0.5) is 5.82 Å². The maximum absolute atomic E-state index is 9.70. The summed E-state index contributed by atoms with van der Waals surface area (Å²) >= 11 is 5.88. The van der Waals surface area contributed by atoms with Gasteiger partial charge in [0.1, 0.15) is 5.82 Å². The number of aliphatic hydroxyl groups is 2. The number of fused-ring (bicyclic) bond motifs is 1. The van der Waals surface area contributed by atoms with Gasteiger partial charge in [-0.3, -0.25) is 0 Å². The molecular weight excluding hydrogens is 266 g/mol. The molecule has 5 nitrogen and oxygen atoms in total. The van der Waals surface area contributed by atoms with Gasteiger partial charge in [-0.15, -0.1) is 0 Å². The van der Waals surface area contributed by atoms with E-state index >= 15 is 0 Å². The van der Waals surface area contributed by atoms with Crippen molar-refractivity contribution in [1.82, 2.24) is 9.97 Å². The fourth-order valence-electron chi connectivity index (χ4n) is 2.38. The number of piperidine rings is 1. The molecule has 3 rings (SSSR count). The van der Waals surface area contributed by atoms with Crippen molar-refractivity contribution in [1.29, 1.82) is 0 Å². The van der Waals surface area contributed by atoms with Gasteiger partial charge in [-0.05, 0) is 18.2 Å². The van der Waals surface area contributed by atoms with E-state index in [0.717, 1.165) is 5.39 Å². The smallest absolute Gasteiger partial charge is 0.161 e. The minimum absolute atomic E-state index is 0.415. The topological polar surface area (TPSA) is 69.5 Å². The van der Waals surface area contributed by atoms with Crippen molar-refractivity contribution >= 4 is 28.5 Å². The van der Waals surface area contributed by atoms with Crippen LogP contribution in [0.25, 0.3) is 11.0 Å². The molecule has 0 spiro atoms. The summed E-state index contributed by atoms with van der Waals surface area (Å²) in [5.74, 6) is 0.708. The highest BCUT2D eigenvalue weighted by Crippen LogP contribution is 2.22. The Morgan fingerprint density at radius 1 is 1.21 bits per heavy atom. The molecule has 1 aliphatic heterocycles. The van der Waals surface area contributed by atoms with Crippen LogP contribution in [0, 0.1) is 0 Å². The van der Waals surface area contributed by atoms with E-state index < -0.39 is 12.2 Å². The summed E-state index contributed by atoms with van der Waals surface area (Å²) in [6, 6.07) is 5.55. The highest BCUT2D eigenvalue weighted by molar-refractivity contribution is 6.31. The van der Waals surface area contributed by atoms with Gasteiger partial charge in [0.25, 0.3) is 0 Å². The highest BCUT2D eigenvalue weighted by Gasteiger charge is 2.25. The first kappa shape index (κ1) is 12.6. The van der Waals surface area contributed by atoms with E-state index in [2.05, 4.69) is 9.97 Å². The lowest BCUT2D eigenvalue weighted by Crippen LogP contribution is -2.46. The third kappa shape index (κ3) is 2.63. The Morgan fingerprint density at radius 2 is 1.95 bits per heavy atom. The molecule has 2 aromatic rings. The number of β-amino-alcohol motifs (C(OH)–C–C–N with tert-alkyl or cyclic N) is 2.